The SMILES string of the molecule is CCCC(=O)Nc1cc(C(=O)NC2CCCCC2)ccc1Cl. The van der Waals surface area contributed by atoms with Crippen LogP contribution < -0.4 is 10.6 Å². The monoisotopic (exact) mass is 322 g/mol. The van der Waals surface area contributed by atoms with Crippen LogP contribution in [0.5, 0.6) is 0 Å². The van der Waals surface area contributed by atoms with Gasteiger partial charge in [-0.25, -0.2) is 0 Å². The maximum Gasteiger partial charge on any atom is 0.251 e. The summed E-state index contributed by atoms with van der Waals surface area (Å²) in [6.07, 6.45) is 6.88. The number of carbonyl (C=O) groups excluding carboxylic acids is 2. The van der Waals surface area contributed by atoms with E-state index in [1.165, 1.54) is 19.3 Å². The number of hydrogen-bond acceptors (Lipinski definition) is 2. The van der Waals surface area contributed by atoms with Gasteiger partial charge in [-0.2, -0.15) is 0 Å². The highest BCUT2D eigenvalue weighted by molar-refractivity contribution is 6.33. The van der Waals surface area contributed by atoms with Gasteiger partial charge >= 0.3 is 0 Å². The molecule has 120 valence electrons. The zero-order chi connectivity index (χ0) is 15.9. The van der Waals surface area contributed by atoms with E-state index < -0.39 is 0 Å². The molecular weight excluding hydrogens is 300 g/mol. The van der Waals surface area contributed by atoms with Crippen molar-refractivity contribution in [2.75, 3.05) is 5.32 Å². The zero-order valence-corrected chi connectivity index (χ0v) is 13.7. The Morgan fingerprint density at radius 1 is 1.23 bits per heavy atom. The van der Waals surface area contributed by atoms with Crippen molar-refractivity contribution in [1.29, 1.82) is 0 Å². The molecule has 1 saturated carbocycles. The fourth-order valence-corrected chi connectivity index (χ4v) is 2.88. The largest absolute Gasteiger partial charge is 0.349 e. The lowest BCUT2D eigenvalue weighted by atomic mass is 9.95. The minimum atomic E-state index is -0.102. The van der Waals surface area contributed by atoms with Crippen molar-refractivity contribution in [2.24, 2.45) is 0 Å². The van der Waals surface area contributed by atoms with Crippen LogP contribution in [0.15, 0.2) is 18.2 Å². The second-order valence-electron chi connectivity index (χ2n) is 5.80. The van der Waals surface area contributed by atoms with Gasteiger partial charge in [-0.3, -0.25) is 9.59 Å². The Balaban J connectivity index is 2.03. The van der Waals surface area contributed by atoms with Gasteiger partial charge in [-0.1, -0.05) is 37.8 Å². The fraction of sp³-hybridized carbons (Fsp3) is 0.529. The smallest absolute Gasteiger partial charge is 0.251 e. The quantitative estimate of drug-likeness (QED) is 0.856. The van der Waals surface area contributed by atoms with E-state index in [1.54, 1.807) is 18.2 Å². The van der Waals surface area contributed by atoms with Crippen LogP contribution in [0.1, 0.15) is 62.2 Å². The van der Waals surface area contributed by atoms with Gasteiger partial charge in [0.15, 0.2) is 0 Å². The molecule has 0 saturated heterocycles. The van der Waals surface area contributed by atoms with E-state index in [4.69, 9.17) is 11.6 Å². The number of amides is 2. The molecule has 4 nitrogen and oxygen atoms in total. The standard InChI is InChI=1S/C17H23ClN2O2/c1-2-6-16(21)20-15-11-12(9-10-14(15)18)17(22)19-13-7-4-3-5-8-13/h9-11,13H,2-8H2,1H3,(H,19,22)(H,20,21). The molecular formula is C17H23ClN2O2. The first-order valence-corrected chi connectivity index (χ1v) is 8.38. The van der Waals surface area contributed by atoms with Gasteiger partial charge in [-0.15, -0.1) is 0 Å². The van der Waals surface area contributed by atoms with Gasteiger partial charge in [0.05, 0.1) is 10.7 Å². The molecule has 0 heterocycles. The molecule has 1 aliphatic rings. The Hall–Kier alpha value is -1.55. The van der Waals surface area contributed by atoms with Crippen molar-refractivity contribution in [3.63, 3.8) is 0 Å². The third kappa shape index (κ3) is 4.73. The molecule has 0 radical (unpaired) electrons. The van der Waals surface area contributed by atoms with Crippen molar-refractivity contribution in [3.05, 3.63) is 28.8 Å². The van der Waals surface area contributed by atoms with Crippen molar-refractivity contribution < 1.29 is 9.59 Å². The highest BCUT2D eigenvalue weighted by atomic mass is 35.5. The van der Waals surface area contributed by atoms with Gasteiger partial charge in [0.2, 0.25) is 5.91 Å². The molecule has 1 aromatic rings. The second-order valence-corrected chi connectivity index (χ2v) is 6.21. The minimum absolute atomic E-state index is 0.0887. The summed E-state index contributed by atoms with van der Waals surface area (Å²) in [5, 5.41) is 6.27. The van der Waals surface area contributed by atoms with Crippen LogP contribution in [0.2, 0.25) is 5.02 Å². The highest BCUT2D eigenvalue weighted by Crippen LogP contribution is 2.24. The molecule has 22 heavy (non-hydrogen) atoms. The molecule has 2 rings (SSSR count). The van der Waals surface area contributed by atoms with E-state index in [0.717, 1.165) is 19.3 Å². The molecule has 0 aliphatic heterocycles. The van der Waals surface area contributed by atoms with Crippen molar-refractivity contribution >= 4 is 29.1 Å². The Labute approximate surface area is 136 Å². The zero-order valence-electron chi connectivity index (χ0n) is 13.0. The summed E-state index contributed by atoms with van der Waals surface area (Å²) in [6, 6.07) is 5.25. The number of carbonyl (C=O) groups is 2. The Morgan fingerprint density at radius 2 is 1.95 bits per heavy atom. The maximum absolute atomic E-state index is 12.3. The Kier molecular flexibility index (Phi) is 6.25. The predicted molar refractivity (Wildman–Crippen MR) is 89.3 cm³/mol. The Bertz CT molecular complexity index is 539. The van der Waals surface area contributed by atoms with Gasteiger partial charge < -0.3 is 10.6 Å². The molecule has 0 aromatic heterocycles. The molecule has 0 bridgehead atoms. The lowest BCUT2D eigenvalue weighted by Crippen LogP contribution is -2.36. The predicted octanol–water partition coefficient (Wildman–Crippen LogP) is 4.14. The average Bonchev–Trinajstić information content (AvgIpc) is 2.50. The van der Waals surface area contributed by atoms with Crippen LogP contribution >= 0.6 is 11.6 Å². The first-order valence-electron chi connectivity index (χ1n) is 8.00. The van der Waals surface area contributed by atoms with E-state index >= 15 is 0 Å². The highest BCUT2D eigenvalue weighted by Gasteiger charge is 2.17. The third-order valence-electron chi connectivity index (χ3n) is 3.92. The summed E-state index contributed by atoms with van der Waals surface area (Å²) in [4.78, 5) is 24.0. The van der Waals surface area contributed by atoms with Gasteiger partial charge in [0, 0.05) is 18.0 Å². The summed E-state index contributed by atoms with van der Waals surface area (Å²) in [5.74, 6) is -0.191. The van der Waals surface area contributed by atoms with E-state index in [9.17, 15) is 9.59 Å². The fourth-order valence-electron chi connectivity index (χ4n) is 2.72. The van der Waals surface area contributed by atoms with Gasteiger partial charge in [0.1, 0.15) is 0 Å². The van der Waals surface area contributed by atoms with Gasteiger partial charge in [0.25, 0.3) is 5.91 Å². The lowest BCUT2D eigenvalue weighted by molar-refractivity contribution is -0.116. The molecule has 1 fully saturated rings. The molecule has 2 amide bonds. The first kappa shape index (κ1) is 16.8. The number of halogens is 1. The number of benzene rings is 1. The van der Waals surface area contributed by atoms with E-state index in [2.05, 4.69) is 10.6 Å². The second kappa shape index (κ2) is 8.18. The summed E-state index contributed by atoms with van der Waals surface area (Å²) in [5.41, 5.74) is 1.03. The van der Waals surface area contributed by atoms with Crippen molar-refractivity contribution in [2.45, 2.75) is 57.9 Å². The third-order valence-corrected chi connectivity index (χ3v) is 4.25. The van der Waals surface area contributed by atoms with Crippen molar-refractivity contribution in [1.82, 2.24) is 5.32 Å². The minimum Gasteiger partial charge on any atom is -0.349 e. The molecule has 0 spiro atoms. The molecule has 2 N–H and O–H groups in total. The van der Waals surface area contributed by atoms with Crippen LogP contribution in [0.4, 0.5) is 5.69 Å². The lowest BCUT2D eigenvalue weighted by Gasteiger charge is -2.22. The van der Waals surface area contributed by atoms with Crippen LogP contribution in [0.3, 0.4) is 0 Å². The number of anilines is 1. The van der Waals surface area contributed by atoms with E-state index in [0.29, 0.717) is 22.7 Å². The topological polar surface area (TPSA) is 58.2 Å². The number of rotatable bonds is 5. The summed E-state index contributed by atoms with van der Waals surface area (Å²) in [6.45, 7) is 1.94. The van der Waals surface area contributed by atoms with Crippen LogP contribution in [-0.4, -0.2) is 17.9 Å². The number of hydrogen-bond donors (Lipinski definition) is 2. The molecule has 1 aliphatic carbocycles. The summed E-state index contributed by atoms with van der Waals surface area (Å²) >= 11 is 6.09. The van der Waals surface area contributed by atoms with E-state index in [-0.39, 0.29) is 17.9 Å². The van der Waals surface area contributed by atoms with Crippen LogP contribution in [0, 0.1) is 0 Å². The first-order chi connectivity index (χ1) is 10.6. The Morgan fingerprint density at radius 3 is 2.64 bits per heavy atom. The average molecular weight is 323 g/mol. The number of nitrogens with one attached hydrogen (secondary N) is 2. The molecule has 0 unspecified atom stereocenters. The van der Waals surface area contributed by atoms with Crippen molar-refractivity contribution in [3.8, 4) is 0 Å². The van der Waals surface area contributed by atoms with Gasteiger partial charge in [-0.05, 0) is 37.5 Å². The summed E-state index contributed by atoms with van der Waals surface area (Å²) in [7, 11) is 0. The normalized spacial score (nSPS) is 15.4. The summed E-state index contributed by atoms with van der Waals surface area (Å²) < 4.78 is 0. The molecule has 1 aromatic carbocycles. The van der Waals surface area contributed by atoms with Crippen LogP contribution in [-0.2, 0) is 4.79 Å². The molecule has 5 heteroatoms. The van der Waals surface area contributed by atoms with E-state index in [1.807, 2.05) is 6.92 Å². The maximum atomic E-state index is 12.3. The van der Waals surface area contributed by atoms with Crippen LogP contribution in [0.25, 0.3) is 0 Å². The molecule has 0 atom stereocenters.